The number of hydrogen-bond acceptors (Lipinski definition) is 4. The first kappa shape index (κ1) is 19.5. The van der Waals surface area contributed by atoms with E-state index < -0.39 is 11.9 Å². The third-order valence-corrected chi connectivity index (χ3v) is 4.68. The molecule has 0 bridgehead atoms. The fraction of sp³-hybridized carbons (Fsp3) is 0.222. The van der Waals surface area contributed by atoms with Crippen LogP contribution in [0.5, 0.6) is 5.75 Å². The van der Waals surface area contributed by atoms with E-state index in [1.165, 1.54) is 7.11 Å². The highest BCUT2D eigenvalue weighted by Crippen LogP contribution is 2.32. The van der Waals surface area contributed by atoms with Crippen LogP contribution in [0, 0.1) is 13.8 Å². The summed E-state index contributed by atoms with van der Waals surface area (Å²) in [5, 5.41) is 2.71. The van der Waals surface area contributed by atoms with E-state index in [1.54, 1.807) is 18.2 Å². The molecule has 0 aromatic heterocycles. The highest BCUT2D eigenvalue weighted by molar-refractivity contribution is 9.11. The van der Waals surface area contributed by atoms with Crippen LogP contribution in [-0.2, 0) is 9.53 Å². The van der Waals surface area contributed by atoms with Crippen LogP contribution in [0.25, 0.3) is 0 Å². The van der Waals surface area contributed by atoms with Gasteiger partial charge in [-0.15, -0.1) is 0 Å². The Bertz CT molecular complexity index is 798. The number of rotatable bonds is 5. The number of hydrogen-bond donors (Lipinski definition) is 1. The Labute approximate surface area is 163 Å². The van der Waals surface area contributed by atoms with Crippen LogP contribution in [-0.4, -0.2) is 25.6 Å². The molecule has 1 amide bonds. The molecule has 1 N–H and O–H groups in total. The third kappa shape index (κ3) is 5.06. The monoisotopic (exact) mass is 469 g/mol. The molecule has 0 aliphatic heterocycles. The van der Waals surface area contributed by atoms with Crippen LogP contribution < -0.4 is 10.1 Å². The molecule has 2 rings (SSSR count). The van der Waals surface area contributed by atoms with Crippen molar-refractivity contribution < 1.29 is 19.1 Å². The molecule has 0 aliphatic carbocycles. The average molecular weight is 471 g/mol. The molecule has 0 saturated carbocycles. The van der Waals surface area contributed by atoms with E-state index in [-0.39, 0.29) is 6.61 Å². The molecule has 25 heavy (non-hydrogen) atoms. The Hall–Kier alpha value is -1.86. The number of ether oxygens (including phenoxy) is 2. The molecular weight excluding hydrogens is 454 g/mol. The molecule has 0 unspecified atom stereocenters. The van der Waals surface area contributed by atoms with Crippen LogP contribution in [0.4, 0.5) is 5.69 Å². The summed E-state index contributed by atoms with van der Waals surface area (Å²) in [4.78, 5) is 24.1. The maximum absolute atomic E-state index is 12.1. The second-order valence-electron chi connectivity index (χ2n) is 5.41. The summed E-state index contributed by atoms with van der Waals surface area (Å²) in [7, 11) is 1.53. The van der Waals surface area contributed by atoms with Gasteiger partial charge in [0.15, 0.2) is 6.61 Å². The molecule has 0 heterocycles. The molecule has 2 aromatic rings. The SMILES string of the molecule is COc1cc(C(=O)OCC(=O)Nc2c(Br)cc(C)cc2Br)ccc1C. The zero-order valence-electron chi connectivity index (χ0n) is 14.0. The maximum Gasteiger partial charge on any atom is 0.338 e. The summed E-state index contributed by atoms with van der Waals surface area (Å²) in [5.74, 6) is -0.431. The fourth-order valence-corrected chi connectivity index (χ4v) is 3.77. The van der Waals surface area contributed by atoms with E-state index in [0.29, 0.717) is 17.0 Å². The predicted molar refractivity (Wildman–Crippen MR) is 103 cm³/mol. The van der Waals surface area contributed by atoms with E-state index in [1.807, 2.05) is 26.0 Å². The number of anilines is 1. The smallest absolute Gasteiger partial charge is 0.338 e. The van der Waals surface area contributed by atoms with Crippen LogP contribution in [0.2, 0.25) is 0 Å². The minimum atomic E-state index is -0.588. The van der Waals surface area contributed by atoms with Gasteiger partial charge in [-0.25, -0.2) is 4.79 Å². The number of amides is 1. The maximum atomic E-state index is 12.1. The molecule has 7 heteroatoms. The third-order valence-electron chi connectivity index (χ3n) is 3.43. The van der Waals surface area contributed by atoms with Crippen LogP contribution >= 0.6 is 31.9 Å². The van der Waals surface area contributed by atoms with E-state index in [0.717, 1.165) is 20.1 Å². The number of aryl methyl sites for hydroxylation is 2. The number of nitrogens with one attached hydrogen (secondary N) is 1. The van der Waals surface area contributed by atoms with Crippen molar-refractivity contribution in [1.29, 1.82) is 0 Å². The van der Waals surface area contributed by atoms with Gasteiger partial charge < -0.3 is 14.8 Å². The van der Waals surface area contributed by atoms with Gasteiger partial charge in [0.05, 0.1) is 18.4 Å². The lowest BCUT2D eigenvalue weighted by Gasteiger charge is -2.11. The summed E-state index contributed by atoms with van der Waals surface area (Å²) >= 11 is 6.80. The highest BCUT2D eigenvalue weighted by atomic mass is 79.9. The minimum Gasteiger partial charge on any atom is -0.496 e. The molecule has 0 saturated heterocycles. The first-order chi connectivity index (χ1) is 11.8. The Morgan fingerprint density at radius 3 is 2.32 bits per heavy atom. The highest BCUT2D eigenvalue weighted by Gasteiger charge is 2.14. The van der Waals surface area contributed by atoms with Crippen molar-refractivity contribution in [2.75, 3.05) is 19.0 Å². The number of carbonyl (C=O) groups excluding carboxylic acids is 2. The van der Waals surface area contributed by atoms with Gasteiger partial charge in [-0.3, -0.25) is 4.79 Å². The van der Waals surface area contributed by atoms with Gasteiger partial charge in [-0.05, 0) is 81.1 Å². The average Bonchev–Trinajstić information content (AvgIpc) is 2.56. The molecule has 0 spiro atoms. The molecule has 0 fully saturated rings. The van der Waals surface area contributed by atoms with Gasteiger partial charge in [0.2, 0.25) is 0 Å². The standard InChI is InChI=1S/C18H17Br2NO4/c1-10-6-13(19)17(14(20)7-10)21-16(22)9-25-18(23)12-5-4-11(2)15(8-12)24-3/h4-8H,9H2,1-3H3,(H,21,22). The number of benzene rings is 2. The van der Waals surface area contributed by atoms with E-state index >= 15 is 0 Å². The lowest BCUT2D eigenvalue weighted by molar-refractivity contribution is -0.119. The van der Waals surface area contributed by atoms with E-state index in [4.69, 9.17) is 9.47 Å². The summed E-state index contributed by atoms with van der Waals surface area (Å²) in [5.41, 5.74) is 2.86. The lowest BCUT2D eigenvalue weighted by atomic mass is 10.1. The van der Waals surface area contributed by atoms with Gasteiger partial charge in [-0.1, -0.05) is 6.07 Å². The first-order valence-corrected chi connectivity index (χ1v) is 8.97. The van der Waals surface area contributed by atoms with Gasteiger partial charge in [-0.2, -0.15) is 0 Å². The molecular formula is C18H17Br2NO4. The van der Waals surface area contributed by atoms with E-state index in [2.05, 4.69) is 37.2 Å². The number of halogens is 2. The van der Waals surface area contributed by atoms with Crippen molar-refractivity contribution in [3.8, 4) is 5.75 Å². The predicted octanol–water partition coefficient (Wildman–Crippen LogP) is 4.63. The van der Waals surface area contributed by atoms with Crippen molar-refractivity contribution in [1.82, 2.24) is 0 Å². The van der Waals surface area contributed by atoms with E-state index in [9.17, 15) is 9.59 Å². The van der Waals surface area contributed by atoms with Crippen molar-refractivity contribution in [3.05, 3.63) is 56.0 Å². The fourth-order valence-electron chi connectivity index (χ4n) is 2.16. The zero-order valence-corrected chi connectivity index (χ0v) is 17.2. The molecule has 0 atom stereocenters. The summed E-state index contributed by atoms with van der Waals surface area (Å²) in [6, 6.07) is 8.74. The Balaban J connectivity index is 1.99. The summed E-state index contributed by atoms with van der Waals surface area (Å²) < 4.78 is 11.7. The summed E-state index contributed by atoms with van der Waals surface area (Å²) in [6.45, 7) is 3.43. The Morgan fingerprint density at radius 1 is 1.08 bits per heavy atom. The first-order valence-electron chi connectivity index (χ1n) is 7.39. The largest absolute Gasteiger partial charge is 0.496 e. The summed E-state index contributed by atoms with van der Waals surface area (Å²) in [6.07, 6.45) is 0. The van der Waals surface area contributed by atoms with Gasteiger partial charge in [0.25, 0.3) is 5.91 Å². The lowest BCUT2D eigenvalue weighted by Crippen LogP contribution is -2.21. The second kappa shape index (κ2) is 8.49. The normalized spacial score (nSPS) is 10.3. The minimum absolute atomic E-state index is 0.327. The quantitative estimate of drug-likeness (QED) is 0.647. The Morgan fingerprint density at radius 2 is 1.72 bits per heavy atom. The Kier molecular flexibility index (Phi) is 6.61. The van der Waals surface area contributed by atoms with Crippen molar-refractivity contribution >= 4 is 49.4 Å². The molecule has 0 radical (unpaired) electrons. The van der Waals surface area contributed by atoms with Gasteiger partial charge >= 0.3 is 5.97 Å². The number of carbonyl (C=O) groups is 2. The number of esters is 1. The van der Waals surface area contributed by atoms with Crippen molar-refractivity contribution in [2.24, 2.45) is 0 Å². The van der Waals surface area contributed by atoms with Gasteiger partial charge in [0, 0.05) is 8.95 Å². The molecule has 2 aromatic carbocycles. The second-order valence-corrected chi connectivity index (χ2v) is 7.12. The van der Waals surface area contributed by atoms with Crippen molar-refractivity contribution in [2.45, 2.75) is 13.8 Å². The zero-order chi connectivity index (χ0) is 18.6. The van der Waals surface area contributed by atoms with Crippen LogP contribution in [0.1, 0.15) is 21.5 Å². The number of methoxy groups -OCH3 is 1. The van der Waals surface area contributed by atoms with Crippen LogP contribution in [0.15, 0.2) is 39.3 Å². The molecule has 0 aliphatic rings. The van der Waals surface area contributed by atoms with Gasteiger partial charge in [0.1, 0.15) is 5.75 Å². The van der Waals surface area contributed by atoms with Crippen molar-refractivity contribution in [3.63, 3.8) is 0 Å². The molecule has 5 nitrogen and oxygen atoms in total. The molecule has 132 valence electrons. The van der Waals surface area contributed by atoms with Crippen LogP contribution in [0.3, 0.4) is 0 Å². The topological polar surface area (TPSA) is 64.6 Å².